The SMILES string of the molecule is C[C@@H](NC(=O)c1ccn2ncc(-c3ccc(OCc4ccccc4)cc3)c2n1)c1ccccc1. The molecule has 5 aromatic rings. The quantitative estimate of drug-likeness (QED) is 0.359. The number of nitrogens with one attached hydrogen (secondary N) is 1. The standard InChI is InChI=1S/C28H24N4O2/c1-20(22-10-6-3-7-11-22)30-28(33)26-16-17-32-27(31-26)25(18-29-32)23-12-14-24(15-13-23)34-19-21-8-4-2-5-9-21/h2-18,20H,19H2,1H3,(H,30,33)/t20-/m1/s1. The molecule has 0 fully saturated rings. The smallest absolute Gasteiger partial charge is 0.270 e. The fraction of sp³-hybridized carbons (Fsp3) is 0.107. The summed E-state index contributed by atoms with van der Waals surface area (Å²) in [6, 6.07) is 29.3. The van der Waals surface area contributed by atoms with Crippen LogP contribution in [-0.2, 0) is 6.61 Å². The first kappa shape index (κ1) is 21.4. The number of hydrogen-bond acceptors (Lipinski definition) is 4. The Balaban J connectivity index is 1.33. The molecule has 0 aliphatic rings. The summed E-state index contributed by atoms with van der Waals surface area (Å²) in [6.07, 6.45) is 3.52. The predicted molar refractivity (Wildman–Crippen MR) is 132 cm³/mol. The van der Waals surface area contributed by atoms with E-state index in [2.05, 4.69) is 15.4 Å². The second-order valence-corrected chi connectivity index (χ2v) is 8.04. The third-order valence-corrected chi connectivity index (χ3v) is 5.66. The Kier molecular flexibility index (Phi) is 6.03. The van der Waals surface area contributed by atoms with Crippen molar-refractivity contribution < 1.29 is 9.53 Å². The summed E-state index contributed by atoms with van der Waals surface area (Å²) in [6.45, 7) is 2.47. The number of carbonyl (C=O) groups excluding carboxylic acids is 1. The Morgan fingerprint density at radius 1 is 0.941 bits per heavy atom. The van der Waals surface area contributed by atoms with Gasteiger partial charge in [0.2, 0.25) is 0 Å². The molecule has 0 aliphatic heterocycles. The molecule has 0 radical (unpaired) electrons. The van der Waals surface area contributed by atoms with Crippen molar-refractivity contribution in [2.75, 3.05) is 0 Å². The molecule has 0 aliphatic carbocycles. The van der Waals surface area contributed by atoms with Crippen LogP contribution in [0.5, 0.6) is 5.75 Å². The van der Waals surface area contributed by atoms with Gasteiger partial charge in [-0.1, -0.05) is 72.8 Å². The van der Waals surface area contributed by atoms with Gasteiger partial charge in [0.25, 0.3) is 5.91 Å². The van der Waals surface area contributed by atoms with Gasteiger partial charge in [0, 0.05) is 11.8 Å². The van der Waals surface area contributed by atoms with Crippen LogP contribution in [-0.4, -0.2) is 20.5 Å². The Labute approximate surface area is 197 Å². The third-order valence-electron chi connectivity index (χ3n) is 5.66. The number of hydrogen-bond donors (Lipinski definition) is 1. The summed E-state index contributed by atoms with van der Waals surface area (Å²) < 4.78 is 7.56. The number of aromatic nitrogens is 3. The fourth-order valence-corrected chi connectivity index (χ4v) is 3.77. The first-order valence-electron chi connectivity index (χ1n) is 11.1. The molecular weight excluding hydrogens is 424 g/mol. The highest BCUT2D eigenvalue weighted by Gasteiger charge is 2.15. The molecule has 6 nitrogen and oxygen atoms in total. The minimum absolute atomic E-state index is 0.125. The minimum atomic E-state index is -0.226. The molecule has 3 aromatic carbocycles. The van der Waals surface area contributed by atoms with Crippen molar-refractivity contribution in [3.8, 4) is 16.9 Å². The molecule has 168 valence electrons. The van der Waals surface area contributed by atoms with Gasteiger partial charge in [-0.15, -0.1) is 0 Å². The first-order valence-corrected chi connectivity index (χ1v) is 11.1. The lowest BCUT2D eigenvalue weighted by atomic mass is 10.1. The number of rotatable bonds is 7. The van der Waals surface area contributed by atoms with E-state index < -0.39 is 0 Å². The van der Waals surface area contributed by atoms with Crippen LogP contribution in [0.4, 0.5) is 0 Å². The van der Waals surface area contributed by atoms with Gasteiger partial charge in [-0.2, -0.15) is 5.10 Å². The maximum absolute atomic E-state index is 12.9. The molecule has 0 saturated carbocycles. The minimum Gasteiger partial charge on any atom is -0.489 e. The van der Waals surface area contributed by atoms with Gasteiger partial charge in [0.1, 0.15) is 18.1 Å². The zero-order valence-corrected chi connectivity index (χ0v) is 18.8. The molecule has 6 heteroatoms. The van der Waals surface area contributed by atoms with E-state index in [0.29, 0.717) is 17.9 Å². The number of fused-ring (bicyclic) bond motifs is 1. The van der Waals surface area contributed by atoms with Crippen LogP contribution in [0.15, 0.2) is 103 Å². The normalized spacial score (nSPS) is 11.8. The number of carbonyl (C=O) groups is 1. The second-order valence-electron chi connectivity index (χ2n) is 8.04. The summed E-state index contributed by atoms with van der Waals surface area (Å²) in [5, 5.41) is 7.41. The lowest BCUT2D eigenvalue weighted by Crippen LogP contribution is -2.27. The van der Waals surface area contributed by atoms with Crippen LogP contribution >= 0.6 is 0 Å². The Bertz CT molecular complexity index is 1400. The van der Waals surface area contributed by atoms with Gasteiger partial charge in [-0.3, -0.25) is 4.79 Å². The molecule has 0 saturated heterocycles. The summed E-state index contributed by atoms with van der Waals surface area (Å²) in [5.41, 5.74) is 4.92. The van der Waals surface area contributed by atoms with Crippen LogP contribution in [0.25, 0.3) is 16.8 Å². The van der Waals surface area contributed by atoms with E-state index in [1.54, 1.807) is 23.0 Å². The average Bonchev–Trinajstić information content (AvgIpc) is 3.32. The maximum atomic E-state index is 12.9. The maximum Gasteiger partial charge on any atom is 0.270 e. The fourth-order valence-electron chi connectivity index (χ4n) is 3.77. The first-order chi connectivity index (χ1) is 16.7. The second kappa shape index (κ2) is 9.58. The lowest BCUT2D eigenvalue weighted by Gasteiger charge is -2.14. The van der Waals surface area contributed by atoms with E-state index in [-0.39, 0.29) is 11.9 Å². The van der Waals surface area contributed by atoms with Gasteiger partial charge in [-0.05, 0) is 41.8 Å². The van der Waals surface area contributed by atoms with Crippen molar-refractivity contribution >= 4 is 11.6 Å². The third kappa shape index (κ3) is 4.66. The molecule has 2 heterocycles. The van der Waals surface area contributed by atoms with Crippen molar-refractivity contribution in [1.82, 2.24) is 19.9 Å². The zero-order valence-electron chi connectivity index (χ0n) is 18.8. The Morgan fingerprint density at radius 3 is 2.38 bits per heavy atom. The van der Waals surface area contributed by atoms with Crippen LogP contribution in [0, 0.1) is 0 Å². The van der Waals surface area contributed by atoms with E-state index in [1.165, 1.54) is 0 Å². The van der Waals surface area contributed by atoms with Crippen molar-refractivity contribution in [2.45, 2.75) is 19.6 Å². The molecule has 1 atom stereocenters. The lowest BCUT2D eigenvalue weighted by molar-refractivity contribution is 0.0935. The van der Waals surface area contributed by atoms with Crippen molar-refractivity contribution in [2.24, 2.45) is 0 Å². The van der Waals surface area contributed by atoms with Gasteiger partial charge < -0.3 is 10.1 Å². The zero-order chi connectivity index (χ0) is 23.3. The van der Waals surface area contributed by atoms with Crippen LogP contribution in [0.3, 0.4) is 0 Å². The van der Waals surface area contributed by atoms with E-state index in [0.717, 1.165) is 28.0 Å². The summed E-state index contributed by atoms with van der Waals surface area (Å²) in [7, 11) is 0. The highest BCUT2D eigenvalue weighted by Crippen LogP contribution is 2.26. The van der Waals surface area contributed by atoms with Crippen molar-refractivity contribution in [1.29, 1.82) is 0 Å². The van der Waals surface area contributed by atoms with Crippen molar-refractivity contribution in [3.63, 3.8) is 0 Å². The number of ether oxygens (including phenoxy) is 1. The number of amides is 1. The van der Waals surface area contributed by atoms with Gasteiger partial charge in [-0.25, -0.2) is 9.50 Å². The Hall–Kier alpha value is -4.45. The van der Waals surface area contributed by atoms with Crippen LogP contribution < -0.4 is 10.1 Å². The molecular formula is C28H24N4O2. The monoisotopic (exact) mass is 448 g/mol. The van der Waals surface area contributed by atoms with Gasteiger partial charge >= 0.3 is 0 Å². The summed E-state index contributed by atoms with van der Waals surface area (Å²) in [4.78, 5) is 17.5. The van der Waals surface area contributed by atoms with Crippen LogP contribution in [0.1, 0.15) is 34.6 Å². The van der Waals surface area contributed by atoms with Gasteiger partial charge in [0.05, 0.1) is 12.2 Å². The molecule has 34 heavy (non-hydrogen) atoms. The Morgan fingerprint density at radius 2 is 1.65 bits per heavy atom. The van der Waals surface area contributed by atoms with E-state index >= 15 is 0 Å². The van der Waals surface area contributed by atoms with Crippen LogP contribution in [0.2, 0.25) is 0 Å². The van der Waals surface area contributed by atoms with E-state index in [4.69, 9.17) is 4.74 Å². The van der Waals surface area contributed by atoms with Gasteiger partial charge in [0.15, 0.2) is 5.65 Å². The molecule has 2 aromatic heterocycles. The topological polar surface area (TPSA) is 68.5 Å². The number of benzene rings is 3. The molecule has 0 unspecified atom stereocenters. The molecule has 5 rings (SSSR count). The van der Waals surface area contributed by atoms with Crippen molar-refractivity contribution in [3.05, 3.63) is 120 Å². The average molecular weight is 449 g/mol. The molecule has 0 spiro atoms. The van der Waals surface area contributed by atoms with E-state index in [1.807, 2.05) is 91.9 Å². The molecule has 1 N–H and O–H groups in total. The highest BCUT2D eigenvalue weighted by molar-refractivity contribution is 5.93. The molecule has 0 bridgehead atoms. The van der Waals surface area contributed by atoms with E-state index in [9.17, 15) is 4.79 Å². The molecule has 1 amide bonds. The largest absolute Gasteiger partial charge is 0.489 e. The highest BCUT2D eigenvalue weighted by atomic mass is 16.5. The summed E-state index contributed by atoms with van der Waals surface area (Å²) in [5.74, 6) is 0.558. The predicted octanol–water partition coefficient (Wildman–Crippen LogP) is 5.47. The summed E-state index contributed by atoms with van der Waals surface area (Å²) >= 11 is 0. The number of nitrogens with zero attached hydrogens (tertiary/aromatic N) is 3.